The summed E-state index contributed by atoms with van der Waals surface area (Å²) in [5.74, 6) is -0.739. The number of amides is 2. The molecule has 2 aliphatic rings. The fourth-order valence-electron chi connectivity index (χ4n) is 5.55. The lowest BCUT2D eigenvalue weighted by Gasteiger charge is -2.31. The van der Waals surface area contributed by atoms with Gasteiger partial charge >= 0.3 is 6.61 Å². The Morgan fingerprint density at radius 1 is 0.952 bits per heavy atom. The number of benzene rings is 3. The fraction of sp³-hybridized carbons (Fsp3) is 0.312. The van der Waals surface area contributed by atoms with E-state index in [1.807, 2.05) is 24.3 Å². The second kappa shape index (κ2) is 13.6. The number of alkyl halides is 2. The van der Waals surface area contributed by atoms with Crippen molar-refractivity contribution in [3.05, 3.63) is 90.0 Å². The summed E-state index contributed by atoms with van der Waals surface area (Å²) < 4.78 is 34.9. The molecule has 2 atom stereocenters. The molecule has 10 heteroatoms. The van der Waals surface area contributed by atoms with Crippen LogP contribution in [-0.4, -0.2) is 55.7 Å². The van der Waals surface area contributed by atoms with Crippen molar-refractivity contribution in [2.45, 2.75) is 31.4 Å². The van der Waals surface area contributed by atoms with Crippen LogP contribution in [0.2, 0.25) is 0 Å². The number of nitrogen functional groups attached to an aromatic ring is 1. The quantitative estimate of drug-likeness (QED) is 0.234. The van der Waals surface area contributed by atoms with E-state index in [4.69, 9.17) is 10.5 Å². The first-order valence-electron chi connectivity index (χ1n) is 14.0. The molecule has 3 aromatic carbocycles. The second-order valence-electron chi connectivity index (χ2n) is 10.5. The van der Waals surface area contributed by atoms with Crippen LogP contribution in [0.4, 0.5) is 25.8 Å². The first-order valence-corrected chi connectivity index (χ1v) is 14.0. The lowest BCUT2D eigenvalue weighted by atomic mass is 9.88. The van der Waals surface area contributed by atoms with Gasteiger partial charge in [-0.2, -0.15) is 8.78 Å². The van der Waals surface area contributed by atoms with Crippen molar-refractivity contribution in [2.24, 2.45) is 5.92 Å². The van der Waals surface area contributed by atoms with Gasteiger partial charge in [-0.1, -0.05) is 36.4 Å². The number of nitrogens with one attached hydrogen (secondary N) is 2. The molecule has 5 rings (SSSR count). The van der Waals surface area contributed by atoms with Gasteiger partial charge in [-0.3, -0.25) is 14.5 Å². The van der Waals surface area contributed by atoms with Gasteiger partial charge in [-0.25, -0.2) is 0 Å². The Labute approximate surface area is 243 Å². The van der Waals surface area contributed by atoms with Crippen molar-refractivity contribution in [2.75, 3.05) is 42.7 Å². The van der Waals surface area contributed by atoms with E-state index in [9.17, 15) is 18.4 Å². The minimum atomic E-state index is -2.91. The number of anilines is 3. The molecule has 2 heterocycles. The van der Waals surface area contributed by atoms with Gasteiger partial charge in [0.1, 0.15) is 5.75 Å². The van der Waals surface area contributed by atoms with Crippen molar-refractivity contribution in [1.29, 1.82) is 0 Å². The van der Waals surface area contributed by atoms with Crippen LogP contribution in [0.25, 0.3) is 6.08 Å². The molecule has 2 unspecified atom stereocenters. The van der Waals surface area contributed by atoms with E-state index in [1.165, 1.54) is 18.2 Å². The monoisotopic (exact) mass is 576 g/mol. The Morgan fingerprint density at radius 2 is 1.67 bits per heavy atom. The normalized spacial score (nSPS) is 19.7. The van der Waals surface area contributed by atoms with E-state index in [1.54, 1.807) is 42.5 Å². The number of nitrogens with two attached hydrogens (primary N) is 1. The van der Waals surface area contributed by atoms with Crippen LogP contribution in [0.3, 0.4) is 0 Å². The number of para-hydroxylation sites is 2. The summed E-state index contributed by atoms with van der Waals surface area (Å²) in [7, 11) is 0. The zero-order valence-electron chi connectivity index (χ0n) is 23.0. The minimum Gasteiger partial charge on any atom is -0.435 e. The van der Waals surface area contributed by atoms with E-state index < -0.39 is 6.61 Å². The highest BCUT2D eigenvalue weighted by Crippen LogP contribution is 2.36. The number of ether oxygens (including phenoxy) is 2. The third-order valence-corrected chi connectivity index (χ3v) is 7.75. The summed E-state index contributed by atoms with van der Waals surface area (Å²) in [5, 5.41) is 5.73. The van der Waals surface area contributed by atoms with Crippen LogP contribution < -0.4 is 21.1 Å². The van der Waals surface area contributed by atoms with Crippen LogP contribution in [-0.2, 0) is 14.3 Å². The van der Waals surface area contributed by atoms with Gasteiger partial charge in [0.15, 0.2) is 0 Å². The van der Waals surface area contributed by atoms with E-state index in [-0.39, 0.29) is 29.4 Å². The average Bonchev–Trinajstić information content (AvgIpc) is 3.45. The zero-order chi connectivity index (χ0) is 29.5. The van der Waals surface area contributed by atoms with Crippen LogP contribution >= 0.6 is 0 Å². The number of carbonyl (C=O) groups is 2. The molecule has 0 radical (unpaired) electrons. The van der Waals surface area contributed by atoms with Gasteiger partial charge < -0.3 is 25.8 Å². The highest BCUT2D eigenvalue weighted by molar-refractivity contribution is 6.03. The molecule has 220 valence electrons. The molecule has 0 aliphatic carbocycles. The molecule has 2 saturated heterocycles. The maximum atomic E-state index is 13.5. The standard InChI is InChI=1S/C32H34F2N4O4/c33-32(34)42-25-12-10-23(11-13-25)36-31(40)27-20-38(24-15-17-41-18-16-24)19-26(27)22-8-5-21(6-9-22)7-14-30(39)37-29-4-2-1-3-28(29)35/h1-14,24,26-27,32H,15-20,35H2,(H,36,40)(H,37,39)/b14-7+. The lowest BCUT2D eigenvalue weighted by molar-refractivity contribution is -0.120. The summed E-state index contributed by atoms with van der Waals surface area (Å²) in [6.07, 6.45) is 5.03. The second-order valence-corrected chi connectivity index (χ2v) is 10.5. The smallest absolute Gasteiger partial charge is 0.387 e. The molecular formula is C32H34F2N4O4. The predicted octanol–water partition coefficient (Wildman–Crippen LogP) is 5.36. The Balaban J connectivity index is 1.27. The number of rotatable bonds is 9. The molecule has 0 spiro atoms. The summed E-state index contributed by atoms with van der Waals surface area (Å²) in [4.78, 5) is 28.3. The van der Waals surface area contributed by atoms with Crippen LogP contribution in [0, 0.1) is 5.92 Å². The summed E-state index contributed by atoms with van der Waals surface area (Å²) in [5.41, 5.74) is 9.34. The molecule has 2 amide bonds. The van der Waals surface area contributed by atoms with Crippen molar-refractivity contribution >= 4 is 35.0 Å². The van der Waals surface area contributed by atoms with Gasteiger partial charge in [0.05, 0.1) is 17.3 Å². The molecule has 3 aromatic rings. The molecule has 0 aromatic heterocycles. The Bertz CT molecular complexity index is 1390. The molecular weight excluding hydrogens is 542 g/mol. The van der Waals surface area contributed by atoms with Gasteiger partial charge in [0.25, 0.3) is 0 Å². The Morgan fingerprint density at radius 3 is 2.36 bits per heavy atom. The van der Waals surface area contributed by atoms with E-state index in [0.717, 1.165) is 30.5 Å². The van der Waals surface area contributed by atoms with Crippen LogP contribution in [0.5, 0.6) is 5.75 Å². The fourth-order valence-corrected chi connectivity index (χ4v) is 5.55. The van der Waals surface area contributed by atoms with Gasteiger partial charge in [-0.05, 0) is 66.4 Å². The number of hydrogen-bond acceptors (Lipinski definition) is 6. The first kappa shape index (κ1) is 29.2. The molecule has 2 aliphatic heterocycles. The van der Waals surface area contributed by atoms with Gasteiger partial charge in [-0.15, -0.1) is 0 Å². The van der Waals surface area contributed by atoms with Gasteiger partial charge in [0.2, 0.25) is 11.8 Å². The van der Waals surface area contributed by atoms with Gasteiger partial charge in [0, 0.05) is 50.0 Å². The molecule has 0 saturated carbocycles. The third kappa shape index (κ3) is 7.51. The predicted molar refractivity (Wildman–Crippen MR) is 158 cm³/mol. The number of nitrogens with zero attached hydrogens (tertiary/aromatic N) is 1. The van der Waals surface area contributed by atoms with Crippen molar-refractivity contribution in [1.82, 2.24) is 4.90 Å². The summed E-state index contributed by atoms with van der Waals surface area (Å²) in [6, 6.07) is 21.2. The molecule has 2 fully saturated rings. The highest BCUT2D eigenvalue weighted by Gasteiger charge is 2.41. The largest absolute Gasteiger partial charge is 0.435 e. The van der Waals surface area contributed by atoms with E-state index >= 15 is 0 Å². The summed E-state index contributed by atoms with van der Waals surface area (Å²) in [6.45, 7) is -0.144. The molecule has 8 nitrogen and oxygen atoms in total. The zero-order valence-corrected chi connectivity index (χ0v) is 23.0. The lowest BCUT2D eigenvalue weighted by Crippen LogP contribution is -2.38. The van der Waals surface area contributed by atoms with Crippen molar-refractivity contribution in [3.8, 4) is 5.75 Å². The maximum Gasteiger partial charge on any atom is 0.387 e. The maximum absolute atomic E-state index is 13.5. The average molecular weight is 577 g/mol. The Hall–Kier alpha value is -4.28. The summed E-state index contributed by atoms with van der Waals surface area (Å²) >= 11 is 0. The SMILES string of the molecule is Nc1ccccc1NC(=O)/C=C/c1ccc(C2CN(C3CCOCC3)CC2C(=O)Nc2ccc(OC(F)F)cc2)cc1. The number of carbonyl (C=O) groups excluding carboxylic acids is 2. The molecule has 42 heavy (non-hydrogen) atoms. The topological polar surface area (TPSA) is 106 Å². The first-order chi connectivity index (χ1) is 20.4. The van der Waals surface area contributed by atoms with Crippen LogP contribution in [0.1, 0.15) is 29.9 Å². The minimum absolute atomic E-state index is 0.0308. The van der Waals surface area contributed by atoms with E-state index in [2.05, 4.69) is 20.3 Å². The van der Waals surface area contributed by atoms with Crippen molar-refractivity contribution < 1.29 is 27.8 Å². The van der Waals surface area contributed by atoms with E-state index in [0.29, 0.717) is 42.9 Å². The molecule has 0 bridgehead atoms. The number of hydrogen-bond donors (Lipinski definition) is 3. The molecule has 4 N–H and O–H groups in total. The Kier molecular flexibility index (Phi) is 9.45. The highest BCUT2D eigenvalue weighted by atomic mass is 19.3. The van der Waals surface area contributed by atoms with Crippen molar-refractivity contribution in [3.63, 3.8) is 0 Å². The van der Waals surface area contributed by atoms with Crippen LogP contribution in [0.15, 0.2) is 78.9 Å². The third-order valence-electron chi connectivity index (χ3n) is 7.75. The number of likely N-dealkylation sites (tertiary alicyclic amines) is 1. The number of halogens is 2.